The Morgan fingerprint density at radius 3 is 2.20 bits per heavy atom. The number of aryl methyl sites for hydroxylation is 1. The second-order valence-corrected chi connectivity index (χ2v) is 6.73. The summed E-state index contributed by atoms with van der Waals surface area (Å²) in [4.78, 5) is 0. The van der Waals surface area contributed by atoms with Crippen molar-refractivity contribution >= 4 is 13.7 Å². The molecular weight excluding hydrogens is 204 g/mol. The Morgan fingerprint density at radius 2 is 1.73 bits per heavy atom. The average Bonchev–Trinajstić information content (AvgIpc) is 2.18. The Balaban J connectivity index is 2.97. The van der Waals surface area contributed by atoms with E-state index in [0.29, 0.717) is 13.2 Å². The maximum Gasteiger partial charge on any atom is 0.369 e. The maximum atomic E-state index is 5.83. The first kappa shape index (κ1) is 12.4. The van der Waals surface area contributed by atoms with Gasteiger partial charge in [-0.1, -0.05) is 29.8 Å². The van der Waals surface area contributed by atoms with Gasteiger partial charge in [0.2, 0.25) is 0 Å². The fraction of sp³-hybridized carbons (Fsp3) is 0.500. The Kier molecular flexibility index (Phi) is 4.51. The van der Waals surface area contributed by atoms with E-state index in [0.717, 1.165) is 0 Å². The van der Waals surface area contributed by atoms with Crippen molar-refractivity contribution in [1.29, 1.82) is 0 Å². The van der Waals surface area contributed by atoms with Crippen molar-refractivity contribution in [2.24, 2.45) is 0 Å². The average molecular weight is 224 g/mol. The van der Waals surface area contributed by atoms with Crippen molar-refractivity contribution in [2.75, 3.05) is 13.2 Å². The van der Waals surface area contributed by atoms with Crippen LogP contribution in [0.4, 0.5) is 0 Å². The van der Waals surface area contributed by atoms with Gasteiger partial charge in [-0.2, -0.15) is 0 Å². The van der Waals surface area contributed by atoms with Gasteiger partial charge in [0.15, 0.2) is 0 Å². The summed E-state index contributed by atoms with van der Waals surface area (Å²) in [5, 5.41) is 1.21. The zero-order valence-electron chi connectivity index (χ0n) is 10.0. The summed E-state index contributed by atoms with van der Waals surface area (Å²) < 4.78 is 11.7. The molecule has 0 saturated carbocycles. The minimum absolute atomic E-state index is 0.705. The van der Waals surface area contributed by atoms with E-state index < -0.39 is 8.56 Å². The molecule has 84 valence electrons. The summed E-state index contributed by atoms with van der Waals surface area (Å²) in [5.74, 6) is 0. The van der Waals surface area contributed by atoms with Gasteiger partial charge in [-0.15, -0.1) is 0 Å². The fourth-order valence-corrected chi connectivity index (χ4v) is 4.09. The third-order valence-corrected chi connectivity index (χ3v) is 5.42. The minimum atomic E-state index is -2.16. The highest BCUT2D eigenvalue weighted by Gasteiger charge is 2.33. The van der Waals surface area contributed by atoms with Crippen LogP contribution in [0.5, 0.6) is 0 Å². The summed E-state index contributed by atoms with van der Waals surface area (Å²) in [6.45, 7) is 9.64. The lowest BCUT2D eigenvalue weighted by atomic mass is 10.2. The number of hydrogen-bond acceptors (Lipinski definition) is 2. The Hall–Kier alpha value is -0.643. The molecule has 0 aromatic heterocycles. The van der Waals surface area contributed by atoms with Crippen LogP contribution in [0.15, 0.2) is 24.3 Å². The molecule has 1 aromatic carbocycles. The first-order valence-electron chi connectivity index (χ1n) is 5.47. The molecule has 3 heteroatoms. The van der Waals surface area contributed by atoms with Crippen molar-refractivity contribution < 1.29 is 8.85 Å². The van der Waals surface area contributed by atoms with Crippen LogP contribution < -0.4 is 5.19 Å². The molecule has 0 fully saturated rings. The van der Waals surface area contributed by atoms with Crippen molar-refractivity contribution in [1.82, 2.24) is 0 Å². The molecule has 0 N–H and O–H groups in total. The third kappa shape index (κ3) is 3.16. The largest absolute Gasteiger partial charge is 0.391 e. The normalized spacial score (nSPS) is 11.7. The molecule has 1 aromatic rings. The van der Waals surface area contributed by atoms with E-state index in [4.69, 9.17) is 8.85 Å². The van der Waals surface area contributed by atoms with Gasteiger partial charge in [0, 0.05) is 13.2 Å². The summed E-state index contributed by atoms with van der Waals surface area (Å²) >= 11 is 0. The lowest BCUT2D eigenvalue weighted by molar-refractivity contribution is 0.202. The molecule has 0 aliphatic heterocycles. The zero-order valence-corrected chi connectivity index (χ0v) is 11.0. The van der Waals surface area contributed by atoms with Crippen LogP contribution in [0.1, 0.15) is 19.4 Å². The molecular formula is C12H20O2Si. The quantitative estimate of drug-likeness (QED) is 0.715. The monoisotopic (exact) mass is 224 g/mol. The van der Waals surface area contributed by atoms with Crippen molar-refractivity contribution in [3.63, 3.8) is 0 Å². The molecule has 0 aliphatic rings. The van der Waals surface area contributed by atoms with Crippen molar-refractivity contribution in [3.8, 4) is 0 Å². The molecule has 0 bridgehead atoms. The van der Waals surface area contributed by atoms with Gasteiger partial charge in [0.1, 0.15) is 0 Å². The Bertz CT molecular complexity index is 306. The predicted octanol–water partition coefficient (Wildman–Crippen LogP) is 2.35. The van der Waals surface area contributed by atoms with E-state index in [1.54, 1.807) is 0 Å². The Labute approximate surface area is 93.5 Å². The lowest BCUT2D eigenvalue weighted by Crippen LogP contribution is -2.51. The van der Waals surface area contributed by atoms with Crippen LogP contribution in [-0.4, -0.2) is 21.8 Å². The Morgan fingerprint density at radius 1 is 1.13 bits per heavy atom. The highest BCUT2D eigenvalue weighted by molar-refractivity contribution is 6.79. The first-order chi connectivity index (χ1) is 7.12. The molecule has 15 heavy (non-hydrogen) atoms. The standard InChI is InChI=1S/C12H20O2Si/c1-5-13-15(4,14-6-2)12-9-7-8-11(3)10-12/h7-10H,5-6H2,1-4H3. The zero-order chi connectivity index (χ0) is 11.3. The molecule has 0 spiro atoms. The van der Waals surface area contributed by atoms with Crippen LogP contribution in [0.25, 0.3) is 0 Å². The predicted molar refractivity (Wildman–Crippen MR) is 65.7 cm³/mol. The van der Waals surface area contributed by atoms with E-state index in [2.05, 4.69) is 37.7 Å². The summed E-state index contributed by atoms with van der Waals surface area (Å²) in [6.07, 6.45) is 0. The minimum Gasteiger partial charge on any atom is -0.391 e. The number of hydrogen-bond donors (Lipinski definition) is 0. The van der Waals surface area contributed by atoms with Crippen LogP contribution >= 0.6 is 0 Å². The van der Waals surface area contributed by atoms with Crippen LogP contribution in [-0.2, 0) is 8.85 Å². The SMILES string of the molecule is CCO[Si](C)(OCC)c1cccc(C)c1. The van der Waals surface area contributed by atoms with Crippen LogP contribution in [0.2, 0.25) is 6.55 Å². The van der Waals surface area contributed by atoms with Gasteiger partial charge >= 0.3 is 8.56 Å². The van der Waals surface area contributed by atoms with E-state index in [-0.39, 0.29) is 0 Å². The molecule has 0 heterocycles. The second kappa shape index (κ2) is 5.44. The smallest absolute Gasteiger partial charge is 0.369 e. The molecule has 0 atom stereocenters. The molecule has 0 unspecified atom stereocenters. The molecule has 0 amide bonds. The van der Waals surface area contributed by atoms with Crippen LogP contribution in [0, 0.1) is 6.92 Å². The van der Waals surface area contributed by atoms with Crippen molar-refractivity contribution in [2.45, 2.75) is 27.3 Å². The highest BCUT2D eigenvalue weighted by Crippen LogP contribution is 2.09. The highest BCUT2D eigenvalue weighted by atomic mass is 28.4. The molecule has 0 radical (unpaired) electrons. The maximum absolute atomic E-state index is 5.83. The van der Waals surface area contributed by atoms with Crippen molar-refractivity contribution in [3.05, 3.63) is 29.8 Å². The summed E-state index contributed by atoms with van der Waals surface area (Å²) in [5.41, 5.74) is 1.26. The van der Waals surface area contributed by atoms with Gasteiger partial charge in [-0.05, 0) is 32.5 Å². The van der Waals surface area contributed by atoms with Crippen LogP contribution in [0.3, 0.4) is 0 Å². The topological polar surface area (TPSA) is 18.5 Å². The van der Waals surface area contributed by atoms with Gasteiger partial charge in [-0.25, -0.2) is 0 Å². The molecule has 2 nitrogen and oxygen atoms in total. The third-order valence-electron chi connectivity index (χ3n) is 2.38. The van der Waals surface area contributed by atoms with Gasteiger partial charge < -0.3 is 8.85 Å². The fourth-order valence-electron chi connectivity index (χ4n) is 1.69. The van der Waals surface area contributed by atoms with Gasteiger partial charge in [0.25, 0.3) is 0 Å². The van der Waals surface area contributed by atoms with Gasteiger partial charge in [0.05, 0.1) is 0 Å². The first-order valence-corrected chi connectivity index (χ1v) is 7.79. The molecule has 0 aliphatic carbocycles. The van der Waals surface area contributed by atoms with Gasteiger partial charge in [-0.3, -0.25) is 0 Å². The molecule has 1 rings (SSSR count). The molecule has 0 saturated heterocycles. The summed E-state index contributed by atoms with van der Waals surface area (Å²) in [6, 6.07) is 8.42. The van der Waals surface area contributed by atoms with E-state index in [1.165, 1.54) is 10.8 Å². The number of rotatable bonds is 5. The summed E-state index contributed by atoms with van der Waals surface area (Å²) in [7, 11) is -2.16. The second-order valence-electron chi connectivity index (χ2n) is 3.68. The van der Waals surface area contributed by atoms with E-state index in [1.807, 2.05) is 13.8 Å². The van der Waals surface area contributed by atoms with E-state index >= 15 is 0 Å². The van der Waals surface area contributed by atoms with E-state index in [9.17, 15) is 0 Å². The lowest BCUT2D eigenvalue weighted by Gasteiger charge is -2.26. The number of benzene rings is 1.